The molecule has 1 amide bonds. The van der Waals surface area contributed by atoms with Crippen LogP contribution in [0.15, 0.2) is 18.3 Å². The molecule has 1 aliphatic rings. The SMILES string of the molecule is CNC(=O)C1COCCN1Cc1cc(N)ccn1. The van der Waals surface area contributed by atoms with Gasteiger partial charge < -0.3 is 15.8 Å². The van der Waals surface area contributed by atoms with Crippen LogP contribution in [0, 0.1) is 0 Å². The van der Waals surface area contributed by atoms with E-state index in [2.05, 4.69) is 15.2 Å². The molecule has 0 aromatic carbocycles. The van der Waals surface area contributed by atoms with Gasteiger partial charge in [-0.25, -0.2) is 0 Å². The van der Waals surface area contributed by atoms with E-state index in [1.807, 2.05) is 6.07 Å². The lowest BCUT2D eigenvalue weighted by Crippen LogP contribution is -2.52. The van der Waals surface area contributed by atoms with Gasteiger partial charge in [-0.15, -0.1) is 0 Å². The van der Waals surface area contributed by atoms with Crippen molar-refractivity contribution in [3.05, 3.63) is 24.0 Å². The van der Waals surface area contributed by atoms with Crippen molar-refractivity contribution < 1.29 is 9.53 Å². The maximum atomic E-state index is 11.8. The van der Waals surface area contributed by atoms with Crippen molar-refractivity contribution in [2.45, 2.75) is 12.6 Å². The molecular formula is C12H18N4O2. The van der Waals surface area contributed by atoms with Crippen LogP contribution in [0.1, 0.15) is 5.69 Å². The van der Waals surface area contributed by atoms with E-state index in [0.717, 1.165) is 5.69 Å². The van der Waals surface area contributed by atoms with E-state index < -0.39 is 0 Å². The lowest BCUT2D eigenvalue weighted by molar-refractivity contribution is -0.132. The summed E-state index contributed by atoms with van der Waals surface area (Å²) in [7, 11) is 1.63. The molecule has 6 heteroatoms. The van der Waals surface area contributed by atoms with Gasteiger partial charge in [0.2, 0.25) is 5.91 Å². The second kappa shape index (κ2) is 5.79. The number of carbonyl (C=O) groups excluding carboxylic acids is 1. The average molecular weight is 250 g/mol. The number of likely N-dealkylation sites (N-methyl/N-ethyl adjacent to an activating group) is 1. The predicted molar refractivity (Wildman–Crippen MR) is 67.7 cm³/mol. The van der Waals surface area contributed by atoms with Gasteiger partial charge in [-0.2, -0.15) is 0 Å². The Morgan fingerprint density at radius 2 is 2.56 bits per heavy atom. The number of anilines is 1. The maximum Gasteiger partial charge on any atom is 0.239 e. The summed E-state index contributed by atoms with van der Waals surface area (Å²) in [6, 6.07) is 3.32. The zero-order valence-corrected chi connectivity index (χ0v) is 10.4. The third-order valence-electron chi connectivity index (χ3n) is 2.99. The summed E-state index contributed by atoms with van der Waals surface area (Å²) in [6.45, 7) is 2.37. The predicted octanol–water partition coefficient (Wildman–Crippen LogP) is -0.389. The van der Waals surface area contributed by atoms with Gasteiger partial charge in [-0.3, -0.25) is 14.7 Å². The highest BCUT2D eigenvalue weighted by molar-refractivity contribution is 5.81. The molecular weight excluding hydrogens is 232 g/mol. The number of carbonyl (C=O) groups is 1. The van der Waals surface area contributed by atoms with Crippen LogP contribution in [-0.2, 0) is 16.1 Å². The third kappa shape index (κ3) is 2.96. The Kier molecular flexibility index (Phi) is 4.11. The summed E-state index contributed by atoms with van der Waals surface area (Å²) in [4.78, 5) is 18.1. The summed E-state index contributed by atoms with van der Waals surface area (Å²) in [5, 5.41) is 2.66. The molecule has 2 rings (SSSR count). The fourth-order valence-corrected chi connectivity index (χ4v) is 2.03. The van der Waals surface area contributed by atoms with Crippen LogP contribution in [-0.4, -0.2) is 48.6 Å². The van der Waals surface area contributed by atoms with E-state index in [-0.39, 0.29) is 11.9 Å². The minimum Gasteiger partial charge on any atom is -0.399 e. The van der Waals surface area contributed by atoms with Gasteiger partial charge >= 0.3 is 0 Å². The molecule has 1 unspecified atom stereocenters. The van der Waals surface area contributed by atoms with Crippen molar-refractivity contribution in [2.75, 3.05) is 32.5 Å². The van der Waals surface area contributed by atoms with Gasteiger partial charge in [-0.05, 0) is 12.1 Å². The number of nitrogens with zero attached hydrogens (tertiary/aromatic N) is 2. The van der Waals surface area contributed by atoms with Gasteiger partial charge in [0, 0.05) is 32.0 Å². The number of hydrogen-bond acceptors (Lipinski definition) is 5. The second-order valence-electron chi connectivity index (χ2n) is 4.26. The number of nitrogens with two attached hydrogens (primary N) is 1. The Labute approximate surface area is 106 Å². The molecule has 1 aliphatic heterocycles. The normalized spacial score (nSPS) is 20.6. The number of hydrogen-bond donors (Lipinski definition) is 2. The van der Waals surface area contributed by atoms with Gasteiger partial charge in [-0.1, -0.05) is 0 Å². The summed E-state index contributed by atoms with van der Waals surface area (Å²) >= 11 is 0. The minimum atomic E-state index is -0.257. The minimum absolute atomic E-state index is 0.0291. The lowest BCUT2D eigenvalue weighted by Gasteiger charge is -2.33. The molecule has 1 saturated heterocycles. The van der Waals surface area contributed by atoms with E-state index in [1.165, 1.54) is 0 Å². The molecule has 18 heavy (non-hydrogen) atoms. The van der Waals surface area contributed by atoms with E-state index in [9.17, 15) is 4.79 Å². The smallest absolute Gasteiger partial charge is 0.239 e. The molecule has 6 nitrogen and oxygen atoms in total. The highest BCUT2D eigenvalue weighted by Crippen LogP contribution is 2.12. The zero-order valence-electron chi connectivity index (χ0n) is 10.4. The maximum absolute atomic E-state index is 11.8. The molecule has 1 aromatic rings. The molecule has 1 fully saturated rings. The van der Waals surface area contributed by atoms with Crippen molar-refractivity contribution in [3.8, 4) is 0 Å². The molecule has 98 valence electrons. The van der Waals surface area contributed by atoms with Gasteiger partial charge in [0.15, 0.2) is 0 Å². The molecule has 2 heterocycles. The first-order valence-electron chi connectivity index (χ1n) is 5.94. The van der Waals surface area contributed by atoms with E-state index >= 15 is 0 Å². The van der Waals surface area contributed by atoms with Crippen LogP contribution >= 0.6 is 0 Å². The number of nitrogens with one attached hydrogen (secondary N) is 1. The van der Waals surface area contributed by atoms with Crippen molar-refractivity contribution in [1.29, 1.82) is 0 Å². The Hall–Kier alpha value is -1.66. The summed E-state index contributed by atoms with van der Waals surface area (Å²) < 4.78 is 5.35. The lowest BCUT2D eigenvalue weighted by atomic mass is 10.2. The molecule has 3 N–H and O–H groups in total. The third-order valence-corrected chi connectivity index (χ3v) is 2.99. The number of rotatable bonds is 3. The van der Waals surface area contributed by atoms with Crippen molar-refractivity contribution in [3.63, 3.8) is 0 Å². The fourth-order valence-electron chi connectivity index (χ4n) is 2.03. The van der Waals surface area contributed by atoms with Crippen LogP contribution in [0.3, 0.4) is 0 Å². The van der Waals surface area contributed by atoms with Crippen LogP contribution in [0.2, 0.25) is 0 Å². The number of pyridine rings is 1. The van der Waals surface area contributed by atoms with Crippen molar-refractivity contribution in [1.82, 2.24) is 15.2 Å². The Bertz CT molecular complexity index is 424. The zero-order chi connectivity index (χ0) is 13.0. The Morgan fingerprint density at radius 1 is 1.72 bits per heavy atom. The van der Waals surface area contributed by atoms with Gasteiger partial charge in [0.1, 0.15) is 6.04 Å². The summed E-state index contributed by atoms with van der Waals surface area (Å²) in [6.07, 6.45) is 1.68. The number of ether oxygens (including phenoxy) is 1. The molecule has 1 aromatic heterocycles. The molecule has 0 spiro atoms. The first-order chi connectivity index (χ1) is 8.70. The fraction of sp³-hybridized carbons (Fsp3) is 0.500. The van der Waals surface area contributed by atoms with E-state index in [1.54, 1.807) is 19.3 Å². The van der Waals surface area contributed by atoms with Crippen LogP contribution in [0.4, 0.5) is 5.69 Å². The van der Waals surface area contributed by atoms with Crippen LogP contribution < -0.4 is 11.1 Å². The summed E-state index contributed by atoms with van der Waals surface area (Å²) in [5.74, 6) is -0.0291. The average Bonchev–Trinajstić information content (AvgIpc) is 2.38. The van der Waals surface area contributed by atoms with Crippen LogP contribution in [0.5, 0.6) is 0 Å². The molecule has 0 bridgehead atoms. The quantitative estimate of drug-likeness (QED) is 0.763. The second-order valence-corrected chi connectivity index (χ2v) is 4.26. The highest BCUT2D eigenvalue weighted by atomic mass is 16.5. The molecule has 0 radical (unpaired) electrons. The first kappa shape index (κ1) is 12.8. The van der Waals surface area contributed by atoms with Crippen molar-refractivity contribution >= 4 is 11.6 Å². The monoisotopic (exact) mass is 250 g/mol. The standard InChI is InChI=1S/C12H18N4O2/c1-14-12(17)11-8-18-5-4-16(11)7-10-6-9(13)2-3-15-10/h2-3,6,11H,4-5,7-8H2,1H3,(H2,13,15)(H,14,17). The van der Waals surface area contributed by atoms with Crippen molar-refractivity contribution in [2.24, 2.45) is 0 Å². The summed E-state index contributed by atoms with van der Waals surface area (Å²) in [5.41, 5.74) is 7.27. The number of nitrogen functional groups attached to an aromatic ring is 1. The molecule has 0 aliphatic carbocycles. The number of amides is 1. The Morgan fingerprint density at radius 3 is 3.28 bits per heavy atom. The number of aromatic nitrogens is 1. The largest absolute Gasteiger partial charge is 0.399 e. The van der Waals surface area contributed by atoms with Gasteiger partial charge in [0.25, 0.3) is 0 Å². The topological polar surface area (TPSA) is 80.5 Å². The van der Waals surface area contributed by atoms with E-state index in [4.69, 9.17) is 10.5 Å². The number of morpholine rings is 1. The molecule has 1 atom stereocenters. The van der Waals surface area contributed by atoms with Crippen LogP contribution in [0.25, 0.3) is 0 Å². The first-order valence-corrected chi connectivity index (χ1v) is 5.94. The Balaban J connectivity index is 2.07. The van der Waals surface area contributed by atoms with Gasteiger partial charge in [0.05, 0.1) is 18.9 Å². The molecule has 0 saturated carbocycles. The van der Waals surface area contributed by atoms with E-state index in [0.29, 0.717) is 32.0 Å². The highest BCUT2D eigenvalue weighted by Gasteiger charge is 2.28.